The van der Waals surface area contributed by atoms with E-state index < -0.39 is 11.7 Å². The van der Waals surface area contributed by atoms with Gasteiger partial charge in [0.1, 0.15) is 0 Å². The van der Waals surface area contributed by atoms with Crippen LogP contribution >= 0.6 is 0 Å². The molecule has 0 saturated carbocycles. The lowest BCUT2D eigenvalue weighted by atomic mass is 10.9. The van der Waals surface area contributed by atoms with Crippen molar-refractivity contribution < 1.29 is 14.4 Å². The van der Waals surface area contributed by atoms with Crippen molar-refractivity contribution in [1.82, 2.24) is 0 Å². The van der Waals surface area contributed by atoms with E-state index >= 15 is 0 Å². The monoisotopic (exact) mass is 135 g/mol. The highest BCUT2D eigenvalue weighted by atomic mass is 16.7. The first-order valence-electron chi connectivity index (χ1n) is 2.54. The van der Waals surface area contributed by atoms with E-state index in [9.17, 15) is 10.1 Å². The van der Waals surface area contributed by atoms with Gasteiger partial charge >= 0.3 is 6.73 Å². The van der Waals surface area contributed by atoms with E-state index in [-0.39, 0.29) is 6.79 Å². The molecule has 0 aliphatic heterocycles. The van der Waals surface area contributed by atoms with Crippen LogP contribution in [0.3, 0.4) is 0 Å². The highest BCUT2D eigenvalue weighted by molar-refractivity contribution is 4.07. The molecule has 0 unspecified atom stereocenters. The fourth-order valence-corrected chi connectivity index (χ4v) is 0.254. The van der Waals surface area contributed by atoms with Gasteiger partial charge in [0.15, 0.2) is 6.79 Å². The Labute approximate surface area is 52.7 Å². The summed E-state index contributed by atoms with van der Waals surface area (Å²) in [6.07, 6.45) is 0. The predicted molar refractivity (Wildman–Crippen MR) is 29.4 cm³/mol. The summed E-state index contributed by atoms with van der Waals surface area (Å²) < 4.78 is 9.07. The van der Waals surface area contributed by atoms with Crippen LogP contribution in [0.4, 0.5) is 0 Å². The van der Waals surface area contributed by atoms with Gasteiger partial charge in [0.25, 0.3) is 0 Å². The lowest BCUT2D eigenvalue weighted by molar-refractivity contribution is -0.530. The molecular weight excluding hydrogens is 126 g/mol. The maximum absolute atomic E-state index is 9.59. The topological polar surface area (TPSA) is 61.6 Å². The Morgan fingerprint density at radius 1 is 1.56 bits per heavy atom. The summed E-state index contributed by atoms with van der Waals surface area (Å²) in [6.45, 7) is 1.81. The maximum atomic E-state index is 9.59. The van der Waals surface area contributed by atoms with Crippen LogP contribution in [0.1, 0.15) is 6.92 Å². The Hall–Kier alpha value is -0.680. The van der Waals surface area contributed by atoms with E-state index in [1.165, 1.54) is 0 Å². The third-order valence-corrected chi connectivity index (χ3v) is 0.567. The van der Waals surface area contributed by atoms with Crippen molar-refractivity contribution in [2.24, 2.45) is 0 Å². The smallest absolute Gasteiger partial charge is 0.308 e. The first-order valence-corrected chi connectivity index (χ1v) is 2.54. The normalized spacial score (nSPS) is 9.44. The second-order valence-electron chi connectivity index (χ2n) is 1.28. The van der Waals surface area contributed by atoms with Crippen molar-refractivity contribution in [3.63, 3.8) is 0 Å². The average Bonchev–Trinajstić information content (AvgIpc) is 1.80. The second-order valence-corrected chi connectivity index (χ2v) is 1.28. The Morgan fingerprint density at radius 3 is 2.67 bits per heavy atom. The molecule has 0 spiro atoms. The number of nitrogens with zero attached hydrogens (tertiary/aromatic N) is 1. The fraction of sp³-hybridized carbons (Fsp3) is 1.00. The molecule has 0 radical (unpaired) electrons. The first kappa shape index (κ1) is 8.32. The Morgan fingerprint density at radius 2 is 2.22 bits per heavy atom. The molecule has 0 amide bonds. The van der Waals surface area contributed by atoms with Gasteiger partial charge in [0.05, 0.1) is 0 Å². The summed E-state index contributed by atoms with van der Waals surface area (Å²) in [7, 11) is 0. The van der Waals surface area contributed by atoms with Gasteiger partial charge in [-0.2, -0.15) is 0 Å². The van der Waals surface area contributed by atoms with Gasteiger partial charge in [-0.1, -0.05) is 0 Å². The molecule has 54 valence electrons. The van der Waals surface area contributed by atoms with Crippen LogP contribution in [0.25, 0.3) is 0 Å². The van der Waals surface area contributed by atoms with Crippen LogP contribution in [0.15, 0.2) is 0 Å². The van der Waals surface area contributed by atoms with Gasteiger partial charge in [-0.25, -0.2) is 0 Å². The van der Waals surface area contributed by atoms with Gasteiger partial charge < -0.3 is 4.74 Å². The Balaban J connectivity index is 2.83. The summed E-state index contributed by atoms with van der Waals surface area (Å²) >= 11 is 0. The summed E-state index contributed by atoms with van der Waals surface area (Å²) in [4.78, 5) is 9.03. The third-order valence-electron chi connectivity index (χ3n) is 0.567. The molecule has 0 aliphatic carbocycles. The Bertz CT molecular complexity index is 84.6. The zero-order chi connectivity index (χ0) is 7.11. The van der Waals surface area contributed by atoms with Gasteiger partial charge in [-0.15, -0.1) is 0 Å². The molecule has 0 saturated heterocycles. The van der Waals surface area contributed by atoms with Gasteiger partial charge in [0.2, 0.25) is 0 Å². The molecule has 0 aliphatic rings. The quantitative estimate of drug-likeness (QED) is 0.234. The molecule has 0 N–H and O–H groups in total. The van der Waals surface area contributed by atoms with Gasteiger partial charge in [-0.05, 0) is 6.92 Å². The minimum Gasteiger partial charge on any atom is -0.355 e. The Kier molecular flexibility index (Phi) is 5.04. The molecule has 0 aromatic heterocycles. The van der Waals surface area contributed by atoms with Crippen molar-refractivity contribution in [3.05, 3.63) is 10.1 Å². The molecule has 0 aromatic rings. The SMILES string of the molecule is CCOCOC[N+](=O)[O-]. The zero-order valence-corrected chi connectivity index (χ0v) is 5.20. The van der Waals surface area contributed by atoms with E-state index in [1.807, 2.05) is 0 Å². The van der Waals surface area contributed by atoms with Crippen LogP contribution in [-0.4, -0.2) is 25.1 Å². The lowest BCUT2D eigenvalue weighted by Crippen LogP contribution is -2.08. The minimum absolute atomic E-state index is 0.00250. The van der Waals surface area contributed by atoms with E-state index in [4.69, 9.17) is 0 Å². The largest absolute Gasteiger partial charge is 0.355 e. The van der Waals surface area contributed by atoms with Crippen LogP contribution in [0.5, 0.6) is 0 Å². The average molecular weight is 135 g/mol. The number of hydrogen-bond acceptors (Lipinski definition) is 4. The number of nitro groups is 1. The molecule has 5 nitrogen and oxygen atoms in total. The predicted octanol–water partition coefficient (Wildman–Crippen LogP) is 0.231. The zero-order valence-electron chi connectivity index (χ0n) is 5.20. The molecule has 0 heterocycles. The third kappa shape index (κ3) is 7.32. The molecule has 9 heavy (non-hydrogen) atoms. The van der Waals surface area contributed by atoms with E-state index in [0.29, 0.717) is 6.61 Å². The molecule has 0 aromatic carbocycles. The summed E-state index contributed by atoms with van der Waals surface area (Å²) in [6, 6.07) is 0. The van der Waals surface area contributed by atoms with E-state index in [0.717, 1.165) is 0 Å². The molecule has 0 fully saturated rings. The molecule has 0 bridgehead atoms. The van der Waals surface area contributed by atoms with Gasteiger partial charge in [-0.3, -0.25) is 14.9 Å². The van der Waals surface area contributed by atoms with Crippen molar-refractivity contribution >= 4 is 0 Å². The minimum atomic E-state index is -0.557. The van der Waals surface area contributed by atoms with Crippen LogP contribution < -0.4 is 0 Å². The molecule has 0 rings (SSSR count). The lowest BCUT2D eigenvalue weighted by Gasteiger charge is -1.96. The van der Waals surface area contributed by atoms with Crippen molar-refractivity contribution in [1.29, 1.82) is 0 Å². The molecule has 5 heteroatoms. The maximum Gasteiger partial charge on any atom is 0.308 e. The van der Waals surface area contributed by atoms with E-state index in [1.54, 1.807) is 6.92 Å². The van der Waals surface area contributed by atoms with E-state index in [2.05, 4.69) is 9.47 Å². The highest BCUT2D eigenvalue weighted by Gasteiger charge is 1.92. The summed E-state index contributed by atoms with van der Waals surface area (Å²) in [5, 5.41) is 9.59. The molecule has 0 atom stereocenters. The summed E-state index contributed by atoms with van der Waals surface area (Å²) in [5.74, 6) is 0. The van der Waals surface area contributed by atoms with Crippen molar-refractivity contribution in [2.75, 3.05) is 20.1 Å². The van der Waals surface area contributed by atoms with Gasteiger partial charge in [0, 0.05) is 11.5 Å². The highest BCUT2D eigenvalue weighted by Crippen LogP contribution is 1.77. The van der Waals surface area contributed by atoms with Crippen LogP contribution in [0, 0.1) is 10.1 Å². The number of ether oxygens (including phenoxy) is 2. The second kappa shape index (κ2) is 5.46. The van der Waals surface area contributed by atoms with Crippen LogP contribution in [0.2, 0.25) is 0 Å². The number of rotatable bonds is 5. The fourth-order valence-electron chi connectivity index (χ4n) is 0.254. The van der Waals surface area contributed by atoms with Crippen molar-refractivity contribution in [2.45, 2.75) is 6.92 Å². The van der Waals surface area contributed by atoms with Crippen LogP contribution in [-0.2, 0) is 9.47 Å². The molecular formula is C4H9NO4. The van der Waals surface area contributed by atoms with Crippen molar-refractivity contribution in [3.8, 4) is 0 Å². The summed E-state index contributed by atoms with van der Waals surface area (Å²) in [5.41, 5.74) is 0. The number of hydrogen-bond donors (Lipinski definition) is 0. The standard InChI is InChI=1S/C4H9NO4/c1-2-8-4-9-3-5(6)7/h2-4H2,1H3. The first-order chi connectivity index (χ1) is 4.27.